The lowest BCUT2D eigenvalue weighted by molar-refractivity contribution is -0.142. The highest BCUT2D eigenvalue weighted by Gasteiger charge is 2.30. The number of carbonyl (C=O) groups excluding carboxylic acids is 4. The van der Waals surface area contributed by atoms with Gasteiger partial charge in [0.15, 0.2) is 0 Å². The monoisotopic (exact) mass is 469 g/mol. The molecule has 0 aliphatic heterocycles. The molecule has 3 atom stereocenters. The third-order valence-corrected chi connectivity index (χ3v) is 4.39. The topological polar surface area (TPSA) is 260 Å². The Bertz CT molecular complexity index is 858. The summed E-state index contributed by atoms with van der Waals surface area (Å²) in [5.41, 5.74) is 10.7. The summed E-state index contributed by atoms with van der Waals surface area (Å²) in [7, 11) is 0. The Morgan fingerprint density at radius 2 is 1.52 bits per heavy atom. The fourth-order valence-corrected chi connectivity index (χ4v) is 2.71. The molecular formula is C18H27N7O8. The van der Waals surface area contributed by atoms with Gasteiger partial charge in [0, 0.05) is 31.2 Å². The highest BCUT2D eigenvalue weighted by atomic mass is 16.4. The number of aliphatic carboxylic acids is 2. The zero-order valence-corrected chi connectivity index (χ0v) is 17.6. The average Bonchev–Trinajstić information content (AvgIpc) is 3.25. The maximum Gasteiger partial charge on any atom is 0.326 e. The predicted octanol–water partition coefficient (Wildman–Crippen LogP) is -3.42. The molecule has 1 aromatic rings. The fourth-order valence-electron chi connectivity index (χ4n) is 2.71. The molecule has 0 saturated carbocycles. The lowest BCUT2D eigenvalue weighted by Crippen LogP contribution is -2.56. The number of aromatic nitrogens is 2. The zero-order chi connectivity index (χ0) is 25.0. The minimum atomic E-state index is -1.39. The molecule has 4 amide bonds. The van der Waals surface area contributed by atoms with Gasteiger partial charge in [0.1, 0.15) is 18.1 Å². The molecule has 0 spiro atoms. The van der Waals surface area contributed by atoms with E-state index in [-0.39, 0.29) is 25.7 Å². The van der Waals surface area contributed by atoms with Gasteiger partial charge in [0.05, 0.1) is 12.9 Å². The molecule has 0 aromatic carbocycles. The van der Waals surface area contributed by atoms with E-state index in [0.29, 0.717) is 5.69 Å². The van der Waals surface area contributed by atoms with Gasteiger partial charge in [-0.1, -0.05) is 0 Å². The molecule has 15 nitrogen and oxygen atoms in total. The maximum absolute atomic E-state index is 12.7. The third-order valence-electron chi connectivity index (χ3n) is 4.39. The number of hydrogen-bond donors (Lipinski definition) is 8. The molecule has 1 rings (SSSR count). The molecule has 15 heteroatoms. The van der Waals surface area contributed by atoms with Crippen LogP contribution in [0.25, 0.3) is 0 Å². The Kier molecular flexibility index (Phi) is 11.0. The van der Waals surface area contributed by atoms with Crippen LogP contribution in [0.4, 0.5) is 0 Å². The van der Waals surface area contributed by atoms with E-state index in [1.807, 2.05) is 0 Å². The minimum absolute atomic E-state index is 0.134. The van der Waals surface area contributed by atoms with E-state index in [4.69, 9.17) is 16.6 Å². The summed E-state index contributed by atoms with van der Waals surface area (Å²) in [5, 5.41) is 25.1. The summed E-state index contributed by atoms with van der Waals surface area (Å²) in [6, 6.07) is -4.11. The molecular weight excluding hydrogens is 442 g/mol. The van der Waals surface area contributed by atoms with Crippen molar-refractivity contribution in [3.8, 4) is 0 Å². The van der Waals surface area contributed by atoms with Crippen LogP contribution in [0.2, 0.25) is 0 Å². The summed E-state index contributed by atoms with van der Waals surface area (Å²) in [6.07, 6.45) is 1.23. The van der Waals surface area contributed by atoms with E-state index in [9.17, 15) is 33.9 Å². The third kappa shape index (κ3) is 10.2. The summed E-state index contributed by atoms with van der Waals surface area (Å²) in [5.74, 6) is -5.91. The zero-order valence-electron chi connectivity index (χ0n) is 17.6. The van der Waals surface area contributed by atoms with E-state index in [1.54, 1.807) is 0 Å². The van der Waals surface area contributed by atoms with Crippen molar-refractivity contribution in [3.05, 3.63) is 18.2 Å². The summed E-state index contributed by atoms with van der Waals surface area (Å²) in [6.45, 7) is -0.462. The number of aromatic amines is 1. The van der Waals surface area contributed by atoms with E-state index < -0.39 is 66.7 Å². The Labute approximate surface area is 187 Å². The van der Waals surface area contributed by atoms with Crippen LogP contribution in [0.5, 0.6) is 0 Å². The van der Waals surface area contributed by atoms with E-state index in [2.05, 4.69) is 25.9 Å². The smallest absolute Gasteiger partial charge is 0.326 e. The number of carbonyl (C=O) groups is 6. The Morgan fingerprint density at radius 3 is 2.00 bits per heavy atom. The molecule has 0 saturated heterocycles. The Morgan fingerprint density at radius 1 is 0.939 bits per heavy atom. The van der Waals surface area contributed by atoms with Crippen LogP contribution < -0.4 is 27.4 Å². The largest absolute Gasteiger partial charge is 0.481 e. The predicted molar refractivity (Wildman–Crippen MR) is 110 cm³/mol. The van der Waals surface area contributed by atoms with Gasteiger partial charge in [-0.25, -0.2) is 9.78 Å². The number of nitrogens with two attached hydrogens (primary N) is 2. The van der Waals surface area contributed by atoms with Crippen LogP contribution in [-0.4, -0.2) is 80.4 Å². The molecule has 1 heterocycles. The Hall–Kier alpha value is -4.01. The van der Waals surface area contributed by atoms with Gasteiger partial charge in [-0.3, -0.25) is 24.0 Å². The number of primary amides is 1. The van der Waals surface area contributed by atoms with Crippen LogP contribution in [0.3, 0.4) is 0 Å². The van der Waals surface area contributed by atoms with Gasteiger partial charge in [-0.15, -0.1) is 0 Å². The van der Waals surface area contributed by atoms with Gasteiger partial charge in [0.25, 0.3) is 0 Å². The average molecular weight is 469 g/mol. The number of imidazole rings is 1. The number of amides is 4. The molecule has 0 bridgehead atoms. The first-order valence-electron chi connectivity index (χ1n) is 9.83. The molecule has 182 valence electrons. The van der Waals surface area contributed by atoms with Crippen LogP contribution in [0.1, 0.15) is 31.4 Å². The normalized spacial score (nSPS) is 13.2. The van der Waals surface area contributed by atoms with Crippen molar-refractivity contribution < 1.29 is 39.0 Å². The number of nitrogens with one attached hydrogen (secondary N) is 4. The quantitative estimate of drug-likeness (QED) is 0.126. The number of carboxylic acids is 2. The van der Waals surface area contributed by atoms with Crippen LogP contribution in [0, 0.1) is 0 Å². The first-order valence-corrected chi connectivity index (χ1v) is 9.83. The van der Waals surface area contributed by atoms with Crippen molar-refractivity contribution in [2.45, 2.75) is 50.2 Å². The van der Waals surface area contributed by atoms with Gasteiger partial charge in [0.2, 0.25) is 23.6 Å². The molecule has 0 radical (unpaired) electrons. The number of rotatable bonds is 15. The number of carboxylic acid groups (broad SMARTS) is 2. The molecule has 0 aliphatic carbocycles. The van der Waals surface area contributed by atoms with Gasteiger partial charge >= 0.3 is 11.9 Å². The Balaban J connectivity index is 2.97. The van der Waals surface area contributed by atoms with Crippen molar-refractivity contribution in [1.82, 2.24) is 25.9 Å². The van der Waals surface area contributed by atoms with Crippen LogP contribution >= 0.6 is 0 Å². The van der Waals surface area contributed by atoms with Crippen LogP contribution in [-0.2, 0) is 35.2 Å². The molecule has 0 aliphatic rings. The summed E-state index contributed by atoms with van der Waals surface area (Å²) >= 11 is 0. The fraction of sp³-hybridized carbons (Fsp3) is 0.500. The molecule has 1 aromatic heterocycles. The summed E-state index contributed by atoms with van der Waals surface area (Å²) < 4.78 is 0. The number of nitrogens with zero attached hydrogens (tertiary/aromatic N) is 1. The number of H-pyrrole nitrogens is 1. The highest BCUT2D eigenvalue weighted by molar-refractivity contribution is 5.94. The van der Waals surface area contributed by atoms with Crippen molar-refractivity contribution in [2.75, 3.05) is 6.54 Å². The van der Waals surface area contributed by atoms with E-state index >= 15 is 0 Å². The first kappa shape index (κ1) is 27.0. The molecule has 10 N–H and O–H groups in total. The second-order valence-electron chi connectivity index (χ2n) is 7.00. The standard InChI is InChI=1S/C18H27N7O8/c19-6-14(27)23-10(2-4-15(28)29)16(30)24-11(1-3-13(20)26)17(31)25-12(18(32)33)5-9-7-21-8-22-9/h7-8,10-12H,1-6,19H2,(H2,20,26)(H,21,22)(H,23,27)(H,24,30)(H,25,31)(H,28,29)(H,32,33). The second-order valence-corrected chi connectivity index (χ2v) is 7.00. The van der Waals surface area contributed by atoms with Crippen LogP contribution in [0.15, 0.2) is 12.5 Å². The SMILES string of the molecule is NCC(=O)NC(CCC(=O)O)C(=O)NC(CCC(N)=O)C(=O)NC(Cc1cnc[nH]1)C(=O)O. The number of hydrogen-bond acceptors (Lipinski definition) is 8. The van der Waals surface area contributed by atoms with Crippen molar-refractivity contribution >= 4 is 35.6 Å². The van der Waals surface area contributed by atoms with Gasteiger partial charge in [-0.05, 0) is 12.8 Å². The molecule has 0 fully saturated rings. The molecule has 3 unspecified atom stereocenters. The molecule has 33 heavy (non-hydrogen) atoms. The van der Waals surface area contributed by atoms with Crippen molar-refractivity contribution in [1.29, 1.82) is 0 Å². The second kappa shape index (κ2) is 13.4. The van der Waals surface area contributed by atoms with Crippen molar-refractivity contribution in [2.24, 2.45) is 11.5 Å². The van der Waals surface area contributed by atoms with Gasteiger partial charge < -0.3 is 42.6 Å². The van der Waals surface area contributed by atoms with E-state index in [0.717, 1.165) is 0 Å². The lowest BCUT2D eigenvalue weighted by atomic mass is 10.1. The van der Waals surface area contributed by atoms with Gasteiger partial charge in [-0.2, -0.15) is 0 Å². The van der Waals surface area contributed by atoms with E-state index in [1.165, 1.54) is 12.5 Å². The maximum atomic E-state index is 12.7. The highest BCUT2D eigenvalue weighted by Crippen LogP contribution is 2.05. The minimum Gasteiger partial charge on any atom is -0.481 e. The first-order chi connectivity index (χ1) is 15.5. The lowest BCUT2D eigenvalue weighted by Gasteiger charge is -2.24. The summed E-state index contributed by atoms with van der Waals surface area (Å²) in [4.78, 5) is 77.1. The van der Waals surface area contributed by atoms with Crippen molar-refractivity contribution in [3.63, 3.8) is 0 Å².